The predicted octanol–water partition coefficient (Wildman–Crippen LogP) is 4.04. The Morgan fingerprint density at radius 3 is 2.48 bits per heavy atom. The Bertz CT molecular complexity index is 670. The van der Waals surface area contributed by atoms with Crippen LogP contribution in [0.1, 0.15) is 48.5 Å². The summed E-state index contributed by atoms with van der Waals surface area (Å²) < 4.78 is 19.3. The molecule has 122 valence electrons. The number of hydrogen-bond acceptors (Lipinski definition) is 4. The largest absolute Gasteiger partial charge is 0.436 e. The van der Waals surface area contributed by atoms with Gasteiger partial charge in [-0.1, -0.05) is 26.0 Å². The lowest BCUT2D eigenvalue weighted by Crippen LogP contribution is -2.19. The van der Waals surface area contributed by atoms with E-state index in [4.69, 9.17) is 9.94 Å². The van der Waals surface area contributed by atoms with E-state index in [1.807, 2.05) is 12.1 Å². The van der Waals surface area contributed by atoms with Gasteiger partial charge in [0.05, 0.1) is 5.56 Å². The first kappa shape index (κ1) is 16.9. The SMILES string of the molecule is CCC(CC)c1ccc(Oc2ncc(C(=O)NO)cc2F)cc1. The molecule has 0 saturated heterocycles. The zero-order valence-corrected chi connectivity index (χ0v) is 13.0. The summed E-state index contributed by atoms with van der Waals surface area (Å²) in [5.41, 5.74) is 2.54. The van der Waals surface area contributed by atoms with Crippen LogP contribution in [0.3, 0.4) is 0 Å². The Morgan fingerprint density at radius 1 is 1.30 bits per heavy atom. The van der Waals surface area contributed by atoms with Crippen LogP contribution in [0.4, 0.5) is 4.39 Å². The highest BCUT2D eigenvalue weighted by atomic mass is 19.1. The van der Waals surface area contributed by atoms with Gasteiger partial charge in [0.2, 0.25) is 0 Å². The minimum absolute atomic E-state index is 0.0959. The summed E-state index contributed by atoms with van der Waals surface area (Å²) in [4.78, 5) is 14.9. The van der Waals surface area contributed by atoms with Gasteiger partial charge in [-0.25, -0.2) is 14.9 Å². The highest BCUT2D eigenvalue weighted by Gasteiger charge is 2.13. The summed E-state index contributed by atoms with van der Waals surface area (Å²) in [7, 11) is 0. The molecule has 0 aliphatic carbocycles. The Labute approximate surface area is 134 Å². The second kappa shape index (κ2) is 7.69. The van der Waals surface area contributed by atoms with Crippen LogP contribution in [0.2, 0.25) is 0 Å². The van der Waals surface area contributed by atoms with Gasteiger partial charge in [-0.15, -0.1) is 0 Å². The van der Waals surface area contributed by atoms with Crippen molar-refractivity contribution in [3.8, 4) is 11.6 Å². The van der Waals surface area contributed by atoms with E-state index in [9.17, 15) is 9.18 Å². The Balaban J connectivity index is 2.14. The number of carbonyl (C=O) groups is 1. The molecule has 1 heterocycles. The van der Waals surface area contributed by atoms with Crippen molar-refractivity contribution < 1.29 is 19.1 Å². The highest BCUT2D eigenvalue weighted by Crippen LogP contribution is 2.27. The zero-order chi connectivity index (χ0) is 16.8. The van der Waals surface area contributed by atoms with E-state index in [1.54, 1.807) is 12.1 Å². The normalized spacial score (nSPS) is 10.7. The second-order valence-electron chi connectivity index (χ2n) is 5.14. The number of hydrogen-bond donors (Lipinski definition) is 2. The summed E-state index contributed by atoms with van der Waals surface area (Å²) in [6.07, 6.45) is 3.24. The van der Waals surface area contributed by atoms with Crippen molar-refractivity contribution in [2.45, 2.75) is 32.6 Å². The van der Waals surface area contributed by atoms with Crippen LogP contribution in [0.5, 0.6) is 11.6 Å². The molecule has 0 radical (unpaired) electrons. The maximum absolute atomic E-state index is 13.9. The van der Waals surface area contributed by atoms with Crippen LogP contribution in [-0.4, -0.2) is 16.1 Å². The molecule has 1 amide bonds. The number of rotatable bonds is 6. The molecule has 0 atom stereocenters. The molecule has 2 aromatic rings. The van der Waals surface area contributed by atoms with E-state index in [0.717, 1.165) is 25.1 Å². The maximum atomic E-state index is 13.9. The average Bonchev–Trinajstić information content (AvgIpc) is 2.58. The number of benzene rings is 1. The summed E-state index contributed by atoms with van der Waals surface area (Å²) in [5.74, 6) is -0.886. The van der Waals surface area contributed by atoms with E-state index in [0.29, 0.717) is 11.7 Å². The number of ether oxygens (including phenoxy) is 1. The molecule has 0 aliphatic rings. The number of halogens is 1. The third-order valence-corrected chi connectivity index (χ3v) is 3.72. The van der Waals surface area contributed by atoms with Gasteiger partial charge in [-0.3, -0.25) is 10.0 Å². The van der Waals surface area contributed by atoms with Crippen LogP contribution in [0.25, 0.3) is 0 Å². The fraction of sp³-hybridized carbons (Fsp3) is 0.294. The Morgan fingerprint density at radius 2 is 1.96 bits per heavy atom. The van der Waals surface area contributed by atoms with Gasteiger partial charge >= 0.3 is 0 Å². The molecule has 0 spiro atoms. The topological polar surface area (TPSA) is 71.5 Å². The van der Waals surface area contributed by atoms with Crippen LogP contribution >= 0.6 is 0 Å². The minimum Gasteiger partial charge on any atom is -0.436 e. The molecule has 5 nitrogen and oxygen atoms in total. The van der Waals surface area contributed by atoms with Crippen LogP contribution in [0.15, 0.2) is 36.5 Å². The number of nitrogens with one attached hydrogen (secondary N) is 1. The second-order valence-corrected chi connectivity index (χ2v) is 5.14. The molecule has 0 unspecified atom stereocenters. The third kappa shape index (κ3) is 4.04. The molecule has 23 heavy (non-hydrogen) atoms. The smallest absolute Gasteiger partial charge is 0.276 e. The summed E-state index contributed by atoms with van der Waals surface area (Å²) in [6.45, 7) is 4.28. The number of nitrogens with zero attached hydrogens (tertiary/aromatic N) is 1. The first-order valence-corrected chi connectivity index (χ1v) is 7.46. The van der Waals surface area contributed by atoms with Crippen LogP contribution in [0, 0.1) is 5.82 Å². The van der Waals surface area contributed by atoms with Crippen molar-refractivity contribution in [2.24, 2.45) is 0 Å². The fourth-order valence-corrected chi connectivity index (χ4v) is 2.37. The van der Waals surface area contributed by atoms with Gasteiger partial charge in [-0.2, -0.15) is 0 Å². The van der Waals surface area contributed by atoms with E-state index in [1.165, 1.54) is 11.0 Å². The van der Waals surface area contributed by atoms with Gasteiger partial charge in [0.25, 0.3) is 11.8 Å². The van der Waals surface area contributed by atoms with Crippen molar-refractivity contribution in [3.05, 3.63) is 53.5 Å². The quantitative estimate of drug-likeness (QED) is 0.623. The number of pyridine rings is 1. The molecule has 1 aromatic carbocycles. The highest BCUT2D eigenvalue weighted by molar-refractivity contribution is 5.93. The molecule has 0 bridgehead atoms. The first-order chi connectivity index (χ1) is 11.1. The predicted molar refractivity (Wildman–Crippen MR) is 83.3 cm³/mol. The van der Waals surface area contributed by atoms with Crippen LogP contribution < -0.4 is 10.2 Å². The molecule has 0 aliphatic heterocycles. The van der Waals surface area contributed by atoms with Gasteiger partial charge < -0.3 is 4.74 Å². The molecular weight excluding hydrogens is 299 g/mol. The van der Waals surface area contributed by atoms with Gasteiger partial charge in [-0.05, 0) is 42.5 Å². The average molecular weight is 318 g/mol. The van der Waals surface area contributed by atoms with Gasteiger partial charge in [0.15, 0.2) is 5.82 Å². The van der Waals surface area contributed by atoms with Crippen molar-refractivity contribution in [2.75, 3.05) is 0 Å². The number of amides is 1. The van der Waals surface area contributed by atoms with Gasteiger partial charge in [0.1, 0.15) is 5.75 Å². The molecule has 2 rings (SSSR count). The molecule has 1 aromatic heterocycles. The Kier molecular flexibility index (Phi) is 5.65. The minimum atomic E-state index is -0.836. The fourth-order valence-electron chi connectivity index (χ4n) is 2.37. The summed E-state index contributed by atoms with van der Waals surface area (Å²) >= 11 is 0. The van der Waals surface area contributed by atoms with Crippen molar-refractivity contribution in [1.29, 1.82) is 0 Å². The lowest BCUT2D eigenvalue weighted by Gasteiger charge is -2.13. The summed E-state index contributed by atoms with van der Waals surface area (Å²) in [6, 6.07) is 8.40. The van der Waals surface area contributed by atoms with Crippen molar-refractivity contribution in [1.82, 2.24) is 10.5 Å². The molecule has 6 heteroatoms. The summed E-state index contributed by atoms with van der Waals surface area (Å²) in [5, 5.41) is 8.51. The molecule has 0 saturated carbocycles. The van der Waals surface area contributed by atoms with Gasteiger partial charge in [0, 0.05) is 6.20 Å². The van der Waals surface area contributed by atoms with Crippen molar-refractivity contribution >= 4 is 5.91 Å². The Hall–Kier alpha value is -2.47. The van der Waals surface area contributed by atoms with Crippen molar-refractivity contribution in [3.63, 3.8) is 0 Å². The van der Waals surface area contributed by atoms with E-state index in [2.05, 4.69) is 18.8 Å². The van der Waals surface area contributed by atoms with E-state index >= 15 is 0 Å². The lowest BCUT2D eigenvalue weighted by molar-refractivity contribution is 0.0705. The zero-order valence-electron chi connectivity index (χ0n) is 13.0. The number of aromatic nitrogens is 1. The first-order valence-electron chi connectivity index (χ1n) is 7.46. The van der Waals surface area contributed by atoms with E-state index in [-0.39, 0.29) is 11.4 Å². The standard InChI is InChI=1S/C17H19FN2O3/c1-3-11(4-2)12-5-7-14(8-6-12)23-17-15(18)9-13(10-19-17)16(21)20-22/h5-11,22H,3-4H2,1-2H3,(H,20,21). The van der Waals surface area contributed by atoms with Crippen LogP contribution in [-0.2, 0) is 0 Å². The molecule has 0 fully saturated rings. The molecular formula is C17H19FN2O3. The third-order valence-electron chi connectivity index (χ3n) is 3.72. The number of carbonyl (C=O) groups excluding carboxylic acids is 1. The lowest BCUT2D eigenvalue weighted by atomic mass is 9.94. The molecule has 2 N–H and O–H groups in total. The maximum Gasteiger partial charge on any atom is 0.276 e. The van der Waals surface area contributed by atoms with E-state index < -0.39 is 11.7 Å². The number of hydroxylamine groups is 1. The monoisotopic (exact) mass is 318 g/mol.